The summed E-state index contributed by atoms with van der Waals surface area (Å²) in [6.45, 7) is 0. The standard InChI is InChI=1S/C26H22ClN2P/c27-30-28(23-17-9-3-10-18-23)25(21-13-5-1-6-14-21)26(22-15-7-2-8-16-22)29(30)24-19-11-4-12-20-24/h1-20,25-26H/t25-,26-/m1/s1. The van der Waals surface area contributed by atoms with Crippen LogP contribution in [0.25, 0.3) is 0 Å². The summed E-state index contributed by atoms with van der Waals surface area (Å²) in [6.07, 6.45) is 0. The Morgan fingerprint density at radius 1 is 0.467 bits per heavy atom. The number of benzene rings is 4. The van der Waals surface area contributed by atoms with Crippen LogP contribution in [0.5, 0.6) is 0 Å². The first-order valence-electron chi connectivity index (χ1n) is 10.1. The van der Waals surface area contributed by atoms with Gasteiger partial charge in [-0.1, -0.05) is 97.1 Å². The molecule has 2 atom stereocenters. The van der Waals surface area contributed by atoms with Gasteiger partial charge in [-0.25, -0.2) is 0 Å². The van der Waals surface area contributed by atoms with Crippen molar-refractivity contribution in [2.45, 2.75) is 12.1 Å². The van der Waals surface area contributed by atoms with Gasteiger partial charge in [0.25, 0.3) is 0 Å². The predicted molar refractivity (Wildman–Crippen MR) is 129 cm³/mol. The maximum Gasteiger partial charge on any atom is 0.198 e. The van der Waals surface area contributed by atoms with E-state index in [2.05, 4.69) is 131 Å². The lowest BCUT2D eigenvalue weighted by molar-refractivity contribution is 0.618. The molecule has 1 saturated heterocycles. The van der Waals surface area contributed by atoms with Gasteiger partial charge in [0, 0.05) is 11.4 Å². The lowest BCUT2D eigenvalue weighted by Gasteiger charge is -2.29. The Morgan fingerprint density at radius 2 is 0.767 bits per heavy atom. The molecule has 0 saturated carbocycles. The van der Waals surface area contributed by atoms with Gasteiger partial charge >= 0.3 is 0 Å². The predicted octanol–water partition coefficient (Wildman–Crippen LogP) is 7.96. The highest BCUT2D eigenvalue weighted by Gasteiger charge is 2.48. The minimum absolute atomic E-state index is 0.0971. The molecule has 0 spiro atoms. The Labute approximate surface area is 184 Å². The second-order valence-electron chi connectivity index (χ2n) is 7.31. The molecule has 0 N–H and O–H groups in total. The highest BCUT2D eigenvalue weighted by Crippen LogP contribution is 2.68. The first-order chi connectivity index (χ1) is 14.8. The smallest absolute Gasteiger partial charge is 0.198 e. The van der Waals surface area contributed by atoms with Gasteiger partial charge in [0.2, 0.25) is 0 Å². The normalized spacial score (nSPS) is 19.2. The lowest BCUT2D eigenvalue weighted by Crippen LogP contribution is -2.23. The second kappa shape index (κ2) is 8.52. The van der Waals surface area contributed by atoms with Crippen LogP contribution in [-0.2, 0) is 0 Å². The highest BCUT2D eigenvalue weighted by atomic mass is 35.7. The summed E-state index contributed by atoms with van der Waals surface area (Å²) in [7, 11) is -1.13. The van der Waals surface area contributed by atoms with Crippen molar-refractivity contribution in [2.24, 2.45) is 0 Å². The minimum atomic E-state index is -1.13. The summed E-state index contributed by atoms with van der Waals surface area (Å²) in [6, 6.07) is 42.7. The van der Waals surface area contributed by atoms with Crippen LogP contribution in [0.4, 0.5) is 11.4 Å². The van der Waals surface area contributed by atoms with E-state index in [1.165, 1.54) is 11.1 Å². The fourth-order valence-electron chi connectivity index (χ4n) is 4.20. The number of halogens is 1. The zero-order chi connectivity index (χ0) is 20.3. The summed E-state index contributed by atoms with van der Waals surface area (Å²) < 4.78 is 4.80. The van der Waals surface area contributed by atoms with Crippen LogP contribution in [-0.4, -0.2) is 0 Å². The lowest BCUT2D eigenvalue weighted by atomic mass is 9.92. The van der Waals surface area contributed by atoms with Crippen molar-refractivity contribution in [3.63, 3.8) is 0 Å². The van der Waals surface area contributed by atoms with E-state index in [-0.39, 0.29) is 12.1 Å². The van der Waals surface area contributed by atoms with Crippen molar-refractivity contribution in [1.82, 2.24) is 0 Å². The van der Waals surface area contributed by atoms with Gasteiger partial charge in [-0.3, -0.25) is 0 Å². The molecule has 4 aromatic carbocycles. The van der Waals surface area contributed by atoms with Crippen molar-refractivity contribution in [3.8, 4) is 0 Å². The van der Waals surface area contributed by atoms with Crippen molar-refractivity contribution >= 4 is 30.2 Å². The maximum atomic E-state index is 7.32. The maximum absolute atomic E-state index is 7.32. The van der Waals surface area contributed by atoms with E-state index >= 15 is 0 Å². The zero-order valence-electron chi connectivity index (χ0n) is 16.4. The van der Waals surface area contributed by atoms with Gasteiger partial charge in [0.1, 0.15) is 0 Å². The van der Waals surface area contributed by atoms with Gasteiger partial charge < -0.3 is 9.34 Å². The van der Waals surface area contributed by atoms with Gasteiger partial charge in [-0.15, -0.1) is 0 Å². The van der Waals surface area contributed by atoms with Crippen LogP contribution in [0.15, 0.2) is 121 Å². The summed E-state index contributed by atoms with van der Waals surface area (Å²) in [5.41, 5.74) is 4.82. The van der Waals surface area contributed by atoms with Crippen molar-refractivity contribution in [2.75, 3.05) is 9.34 Å². The van der Waals surface area contributed by atoms with E-state index in [1.807, 2.05) is 0 Å². The van der Waals surface area contributed by atoms with Crippen LogP contribution >= 0.6 is 18.8 Å². The Balaban J connectivity index is 1.73. The molecule has 30 heavy (non-hydrogen) atoms. The number of para-hydroxylation sites is 2. The van der Waals surface area contributed by atoms with E-state index in [0.29, 0.717) is 0 Å². The second-order valence-corrected chi connectivity index (χ2v) is 9.56. The molecule has 0 unspecified atom stereocenters. The summed E-state index contributed by atoms with van der Waals surface area (Å²) >= 11 is 7.32. The summed E-state index contributed by atoms with van der Waals surface area (Å²) in [5.74, 6) is 0. The Hall–Kier alpha value is -2.80. The van der Waals surface area contributed by atoms with Crippen molar-refractivity contribution in [1.29, 1.82) is 0 Å². The number of anilines is 2. The van der Waals surface area contributed by atoms with Gasteiger partial charge in [-0.2, -0.15) is 0 Å². The quantitative estimate of drug-likeness (QED) is 0.304. The van der Waals surface area contributed by atoms with E-state index < -0.39 is 7.58 Å². The fraction of sp³-hybridized carbons (Fsp3) is 0.0769. The first kappa shape index (κ1) is 19.2. The molecular formula is C26H22ClN2P. The molecule has 1 aliphatic heterocycles. The third-order valence-electron chi connectivity index (χ3n) is 5.51. The number of nitrogens with zero attached hydrogens (tertiary/aromatic N) is 2. The fourth-order valence-corrected chi connectivity index (χ4v) is 7.07. The third kappa shape index (κ3) is 3.47. The summed E-state index contributed by atoms with van der Waals surface area (Å²) in [4.78, 5) is 0. The molecule has 148 valence electrons. The molecule has 2 nitrogen and oxygen atoms in total. The largest absolute Gasteiger partial charge is 0.312 e. The Kier molecular flexibility index (Phi) is 5.45. The molecule has 0 amide bonds. The van der Waals surface area contributed by atoms with Crippen LogP contribution in [0, 0.1) is 0 Å². The average Bonchev–Trinajstić information content (AvgIpc) is 3.14. The molecular weight excluding hydrogens is 407 g/mol. The molecule has 0 bridgehead atoms. The van der Waals surface area contributed by atoms with Crippen LogP contribution in [0.3, 0.4) is 0 Å². The first-order valence-corrected chi connectivity index (χ1v) is 12.2. The Morgan fingerprint density at radius 3 is 1.10 bits per heavy atom. The molecule has 0 aliphatic carbocycles. The Bertz CT molecular complexity index is 988. The molecule has 1 heterocycles. The topological polar surface area (TPSA) is 6.48 Å². The average molecular weight is 429 g/mol. The van der Waals surface area contributed by atoms with Crippen molar-refractivity contribution in [3.05, 3.63) is 132 Å². The van der Waals surface area contributed by atoms with Crippen molar-refractivity contribution < 1.29 is 0 Å². The van der Waals surface area contributed by atoms with E-state index in [1.54, 1.807) is 0 Å². The van der Waals surface area contributed by atoms with E-state index in [0.717, 1.165) is 11.4 Å². The summed E-state index contributed by atoms with van der Waals surface area (Å²) in [5, 5.41) is 0. The monoisotopic (exact) mass is 428 g/mol. The van der Waals surface area contributed by atoms with E-state index in [4.69, 9.17) is 11.2 Å². The zero-order valence-corrected chi connectivity index (χ0v) is 18.1. The van der Waals surface area contributed by atoms with Gasteiger partial charge in [0.05, 0.1) is 12.1 Å². The minimum Gasteiger partial charge on any atom is -0.312 e. The van der Waals surface area contributed by atoms with Gasteiger partial charge in [-0.05, 0) is 46.6 Å². The van der Waals surface area contributed by atoms with Crippen LogP contribution in [0.1, 0.15) is 23.2 Å². The molecule has 4 aromatic rings. The van der Waals surface area contributed by atoms with E-state index in [9.17, 15) is 0 Å². The molecule has 5 rings (SSSR count). The van der Waals surface area contributed by atoms with Gasteiger partial charge in [0.15, 0.2) is 7.58 Å². The van der Waals surface area contributed by atoms with Crippen LogP contribution < -0.4 is 9.34 Å². The molecule has 0 aromatic heterocycles. The molecule has 1 aliphatic rings. The number of hydrogen-bond donors (Lipinski definition) is 0. The third-order valence-corrected chi connectivity index (χ3v) is 8.15. The number of rotatable bonds is 4. The molecule has 0 radical (unpaired) electrons. The number of hydrogen-bond acceptors (Lipinski definition) is 2. The molecule has 1 fully saturated rings. The highest BCUT2D eigenvalue weighted by molar-refractivity contribution is 7.86. The molecule has 4 heteroatoms. The SMILES string of the molecule is ClP1N(c2ccccc2)[C@H](c2ccccc2)[C@@H](c2ccccc2)N1c1ccccc1. The van der Waals surface area contributed by atoms with Crippen LogP contribution in [0.2, 0.25) is 0 Å².